The number of halogens is 2. The van der Waals surface area contributed by atoms with Crippen molar-refractivity contribution in [3.8, 4) is 5.75 Å². The lowest BCUT2D eigenvalue weighted by molar-refractivity contribution is 0.0184. The van der Waals surface area contributed by atoms with Gasteiger partial charge >= 0.3 is 6.09 Å². The van der Waals surface area contributed by atoms with Crippen LogP contribution in [0.3, 0.4) is 0 Å². The molecule has 1 aromatic rings. The molecule has 1 aromatic carbocycles. The third kappa shape index (κ3) is 6.10. The molecule has 26 heavy (non-hydrogen) atoms. The molecule has 1 heterocycles. The van der Waals surface area contributed by atoms with Crippen molar-refractivity contribution in [3.63, 3.8) is 0 Å². The van der Waals surface area contributed by atoms with E-state index in [2.05, 4.69) is 6.58 Å². The van der Waals surface area contributed by atoms with Gasteiger partial charge < -0.3 is 14.4 Å². The van der Waals surface area contributed by atoms with Crippen LogP contribution < -0.4 is 4.74 Å². The molecule has 0 atom stereocenters. The molecule has 1 saturated heterocycles. The molecule has 0 saturated carbocycles. The van der Waals surface area contributed by atoms with E-state index in [1.807, 2.05) is 26.8 Å². The summed E-state index contributed by atoms with van der Waals surface area (Å²) in [5, 5.41) is 1.01. The Bertz CT molecular complexity index is 647. The average Bonchev–Trinajstić information content (AvgIpc) is 2.56. The number of carbonyl (C=O) groups is 1. The van der Waals surface area contributed by atoms with Crippen LogP contribution in [0.15, 0.2) is 24.8 Å². The predicted octanol–water partition coefficient (Wildman–Crippen LogP) is 5.75. The molecule has 0 aliphatic carbocycles. The number of piperidine rings is 1. The lowest BCUT2D eigenvalue weighted by atomic mass is 9.90. The second kappa shape index (κ2) is 9.01. The molecule has 0 spiro atoms. The molecular weight excluding hydrogens is 373 g/mol. The van der Waals surface area contributed by atoms with E-state index in [0.717, 1.165) is 30.6 Å². The maximum Gasteiger partial charge on any atom is 0.410 e. The number of nitrogens with zero attached hydrogens (tertiary/aromatic N) is 1. The standard InChI is InChI=1S/C20H27Cl2NO3/c1-5-10-25-18-13-17(22)16(21)12-15(18)11-14-6-8-23(9-7-14)19(24)26-20(2,3)4/h5,12-14H,1,6-11H2,2-4H3. The zero-order valence-electron chi connectivity index (χ0n) is 15.7. The normalized spacial score (nSPS) is 15.7. The summed E-state index contributed by atoms with van der Waals surface area (Å²) in [5.41, 5.74) is 0.572. The highest BCUT2D eigenvalue weighted by Crippen LogP contribution is 2.34. The highest BCUT2D eigenvalue weighted by molar-refractivity contribution is 6.42. The van der Waals surface area contributed by atoms with Crippen LogP contribution in [-0.4, -0.2) is 36.3 Å². The van der Waals surface area contributed by atoms with Crippen LogP contribution in [0.4, 0.5) is 4.79 Å². The summed E-state index contributed by atoms with van der Waals surface area (Å²) in [6.45, 7) is 11.1. The van der Waals surface area contributed by atoms with Crippen LogP contribution in [0.5, 0.6) is 5.75 Å². The average molecular weight is 400 g/mol. The molecule has 0 bridgehead atoms. The Morgan fingerprint density at radius 3 is 2.46 bits per heavy atom. The highest BCUT2D eigenvalue weighted by atomic mass is 35.5. The van der Waals surface area contributed by atoms with Crippen LogP contribution in [0.1, 0.15) is 39.2 Å². The van der Waals surface area contributed by atoms with Crippen molar-refractivity contribution in [3.05, 3.63) is 40.4 Å². The summed E-state index contributed by atoms with van der Waals surface area (Å²) in [6.07, 6.45) is 4.14. The monoisotopic (exact) mass is 399 g/mol. The number of hydrogen-bond donors (Lipinski definition) is 0. The van der Waals surface area contributed by atoms with Crippen LogP contribution in [0.25, 0.3) is 0 Å². The van der Waals surface area contributed by atoms with Crippen molar-refractivity contribution in [2.24, 2.45) is 5.92 Å². The predicted molar refractivity (Wildman–Crippen MR) is 106 cm³/mol. The van der Waals surface area contributed by atoms with Gasteiger partial charge in [0.05, 0.1) is 10.0 Å². The summed E-state index contributed by atoms with van der Waals surface area (Å²) in [4.78, 5) is 14.0. The fourth-order valence-electron chi connectivity index (χ4n) is 2.97. The van der Waals surface area contributed by atoms with Crippen molar-refractivity contribution in [1.29, 1.82) is 0 Å². The third-order valence-electron chi connectivity index (χ3n) is 4.23. The van der Waals surface area contributed by atoms with E-state index < -0.39 is 5.60 Å². The van der Waals surface area contributed by atoms with Crippen LogP contribution in [-0.2, 0) is 11.2 Å². The lowest BCUT2D eigenvalue weighted by Gasteiger charge is -2.33. The van der Waals surface area contributed by atoms with E-state index in [1.54, 1.807) is 17.0 Å². The Balaban J connectivity index is 1.97. The minimum absolute atomic E-state index is 0.236. The first-order chi connectivity index (χ1) is 12.2. The van der Waals surface area contributed by atoms with E-state index in [9.17, 15) is 4.79 Å². The zero-order chi connectivity index (χ0) is 19.3. The summed E-state index contributed by atoms with van der Waals surface area (Å²) >= 11 is 12.3. The Hall–Kier alpha value is -1.39. The molecule has 1 fully saturated rings. The summed E-state index contributed by atoms with van der Waals surface area (Å²) in [6, 6.07) is 3.64. The first kappa shape index (κ1) is 20.9. The summed E-state index contributed by atoms with van der Waals surface area (Å²) in [5.74, 6) is 1.20. The molecular formula is C20H27Cl2NO3. The highest BCUT2D eigenvalue weighted by Gasteiger charge is 2.27. The van der Waals surface area contributed by atoms with E-state index in [-0.39, 0.29) is 6.09 Å². The maximum atomic E-state index is 12.2. The second-order valence-electron chi connectivity index (χ2n) is 7.59. The van der Waals surface area contributed by atoms with Crippen molar-refractivity contribution in [1.82, 2.24) is 4.90 Å². The Morgan fingerprint density at radius 2 is 1.88 bits per heavy atom. The first-order valence-electron chi connectivity index (χ1n) is 8.89. The van der Waals surface area contributed by atoms with Crippen LogP contribution in [0, 0.1) is 5.92 Å². The molecule has 1 aliphatic rings. The number of hydrogen-bond acceptors (Lipinski definition) is 3. The smallest absolute Gasteiger partial charge is 0.410 e. The largest absolute Gasteiger partial charge is 0.489 e. The fourth-order valence-corrected chi connectivity index (χ4v) is 3.31. The van der Waals surface area contributed by atoms with Crippen molar-refractivity contribution in [2.45, 2.75) is 45.6 Å². The van der Waals surface area contributed by atoms with Gasteiger partial charge in [0.2, 0.25) is 0 Å². The topological polar surface area (TPSA) is 38.8 Å². The number of likely N-dealkylation sites (tertiary alicyclic amines) is 1. The van der Waals surface area contributed by atoms with E-state index in [0.29, 0.717) is 35.7 Å². The van der Waals surface area contributed by atoms with E-state index in [4.69, 9.17) is 32.7 Å². The van der Waals surface area contributed by atoms with Crippen molar-refractivity contribution in [2.75, 3.05) is 19.7 Å². The van der Waals surface area contributed by atoms with E-state index >= 15 is 0 Å². The molecule has 0 radical (unpaired) electrons. The van der Waals surface area contributed by atoms with Gasteiger partial charge in [-0.25, -0.2) is 4.79 Å². The zero-order valence-corrected chi connectivity index (χ0v) is 17.2. The van der Waals surface area contributed by atoms with Crippen molar-refractivity contribution < 1.29 is 14.3 Å². The molecule has 1 amide bonds. The van der Waals surface area contributed by atoms with Gasteiger partial charge in [0.1, 0.15) is 18.0 Å². The number of benzene rings is 1. The summed E-state index contributed by atoms with van der Waals surface area (Å²) in [7, 11) is 0. The number of carbonyl (C=O) groups excluding carboxylic acids is 1. The van der Waals surface area contributed by atoms with Gasteiger partial charge in [-0.3, -0.25) is 0 Å². The quantitative estimate of drug-likeness (QED) is 0.591. The SMILES string of the molecule is C=CCOc1cc(Cl)c(Cl)cc1CC1CCN(C(=O)OC(C)(C)C)CC1. The van der Waals surface area contributed by atoms with Crippen LogP contribution in [0.2, 0.25) is 10.0 Å². The third-order valence-corrected chi connectivity index (χ3v) is 4.96. The molecule has 144 valence electrons. The van der Waals surface area contributed by atoms with Gasteiger partial charge in [0, 0.05) is 19.2 Å². The number of ether oxygens (including phenoxy) is 2. The fraction of sp³-hybridized carbons (Fsp3) is 0.550. The van der Waals surface area contributed by atoms with Gasteiger partial charge in [-0.2, -0.15) is 0 Å². The van der Waals surface area contributed by atoms with Crippen LogP contribution >= 0.6 is 23.2 Å². The minimum atomic E-state index is -0.467. The molecule has 0 aromatic heterocycles. The first-order valence-corrected chi connectivity index (χ1v) is 9.64. The molecule has 6 heteroatoms. The summed E-state index contributed by atoms with van der Waals surface area (Å²) < 4.78 is 11.2. The molecule has 2 rings (SSSR count). The number of rotatable bonds is 5. The Labute approximate surface area is 166 Å². The molecule has 4 nitrogen and oxygen atoms in total. The minimum Gasteiger partial charge on any atom is -0.489 e. The van der Waals surface area contributed by atoms with E-state index in [1.165, 1.54) is 0 Å². The number of amides is 1. The van der Waals surface area contributed by atoms with Gasteiger partial charge in [0.15, 0.2) is 0 Å². The Kier molecular flexibility index (Phi) is 7.24. The second-order valence-corrected chi connectivity index (χ2v) is 8.40. The maximum absolute atomic E-state index is 12.2. The van der Waals surface area contributed by atoms with Crippen molar-refractivity contribution >= 4 is 29.3 Å². The lowest BCUT2D eigenvalue weighted by Crippen LogP contribution is -2.42. The van der Waals surface area contributed by atoms with Gasteiger partial charge in [-0.05, 0) is 57.6 Å². The van der Waals surface area contributed by atoms with Gasteiger partial charge in [0.25, 0.3) is 0 Å². The molecule has 0 N–H and O–H groups in total. The molecule has 0 unspecified atom stereocenters. The Morgan fingerprint density at radius 1 is 1.27 bits per heavy atom. The molecule has 1 aliphatic heterocycles. The van der Waals surface area contributed by atoms with Gasteiger partial charge in [-0.15, -0.1) is 0 Å². The van der Waals surface area contributed by atoms with Gasteiger partial charge in [-0.1, -0.05) is 35.9 Å².